The molecule has 0 aromatic rings. The Hall–Kier alpha value is -0.560. The van der Waals surface area contributed by atoms with Crippen LogP contribution in [0.2, 0.25) is 0 Å². The second kappa shape index (κ2) is 5.98. The van der Waals surface area contributed by atoms with Crippen molar-refractivity contribution in [2.24, 2.45) is 0 Å². The zero-order valence-corrected chi connectivity index (χ0v) is 8.25. The fourth-order valence-corrected chi connectivity index (χ4v) is 1.47. The predicted molar refractivity (Wildman–Crippen MR) is 53.6 cm³/mol. The van der Waals surface area contributed by atoms with Crippen molar-refractivity contribution < 1.29 is 4.74 Å². The Balaban J connectivity index is 2.11. The Morgan fingerprint density at radius 1 is 1.54 bits per heavy atom. The van der Waals surface area contributed by atoms with E-state index >= 15 is 0 Å². The van der Waals surface area contributed by atoms with E-state index in [4.69, 9.17) is 11.2 Å². The van der Waals surface area contributed by atoms with Gasteiger partial charge in [-0.1, -0.05) is 5.92 Å². The molecule has 74 valence electrons. The van der Waals surface area contributed by atoms with Crippen molar-refractivity contribution in [1.82, 2.24) is 10.2 Å². The molecule has 1 N–H and O–H groups in total. The molecule has 0 radical (unpaired) electrons. The molecule has 1 atom stereocenters. The van der Waals surface area contributed by atoms with E-state index in [0.717, 1.165) is 32.8 Å². The summed E-state index contributed by atoms with van der Waals surface area (Å²) in [6.07, 6.45) is 5.16. The zero-order valence-electron chi connectivity index (χ0n) is 8.25. The van der Waals surface area contributed by atoms with Crippen LogP contribution in [-0.4, -0.2) is 50.3 Å². The van der Waals surface area contributed by atoms with Gasteiger partial charge in [-0.05, 0) is 6.92 Å². The van der Waals surface area contributed by atoms with Gasteiger partial charge in [-0.3, -0.25) is 4.90 Å². The molecule has 0 spiro atoms. The molecule has 0 aromatic carbocycles. The first-order valence-electron chi connectivity index (χ1n) is 4.80. The first kappa shape index (κ1) is 10.5. The second-order valence-corrected chi connectivity index (χ2v) is 3.40. The number of rotatable bonds is 4. The van der Waals surface area contributed by atoms with E-state index in [2.05, 4.69) is 23.1 Å². The third-order valence-corrected chi connectivity index (χ3v) is 2.19. The van der Waals surface area contributed by atoms with Crippen molar-refractivity contribution in [3.05, 3.63) is 0 Å². The molecule has 1 fully saturated rings. The first-order chi connectivity index (χ1) is 6.33. The number of morpholine rings is 1. The fourth-order valence-electron chi connectivity index (χ4n) is 1.47. The first-order valence-corrected chi connectivity index (χ1v) is 4.80. The molecule has 13 heavy (non-hydrogen) atoms. The molecule has 1 saturated heterocycles. The number of terminal acetylenes is 1. The number of nitrogens with zero attached hydrogens (tertiary/aromatic N) is 1. The Bertz CT molecular complexity index is 170. The van der Waals surface area contributed by atoms with Crippen LogP contribution in [0.25, 0.3) is 0 Å². The predicted octanol–water partition coefficient (Wildman–Crippen LogP) is -0.0701. The molecule has 3 heteroatoms. The summed E-state index contributed by atoms with van der Waals surface area (Å²) in [7, 11) is 0. The summed E-state index contributed by atoms with van der Waals surface area (Å²) in [5.41, 5.74) is 0. The number of hydrogen-bond donors (Lipinski definition) is 1. The molecule has 1 heterocycles. The van der Waals surface area contributed by atoms with Gasteiger partial charge in [0.25, 0.3) is 0 Å². The van der Waals surface area contributed by atoms with Gasteiger partial charge in [-0.25, -0.2) is 0 Å². The van der Waals surface area contributed by atoms with Crippen molar-refractivity contribution in [2.75, 3.05) is 39.4 Å². The van der Waals surface area contributed by atoms with Gasteiger partial charge in [0.05, 0.1) is 19.8 Å². The molecule has 0 amide bonds. The van der Waals surface area contributed by atoms with E-state index < -0.39 is 0 Å². The molecule has 1 aliphatic rings. The van der Waals surface area contributed by atoms with Crippen molar-refractivity contribution in [1.29, 1.82) is 0 Å². The van der Waals surface area contributed by atoms with Crippen LogP contribution in [0.1, 0.15) is 6.92 Å². The highest BCUT2D eigenvalue weighted by Crippen LogP contribution is 1.97. The van der Waals surface area contributed by atoms with E-state index in [1.54, 1.807) is 0 Å². The molecule has 0 saturated carbocycles. The lowest BCUT2D eigenvalue weighted by molar-refractivity contribution is 0.0346. The lowest BCUT2D eigenvalue weighted by Crippen LogP contribution is -2.44. The van der Waals surface area contributed by atoms with Crippen LogP contribution < -0.4 is 5.32 Å². The molecular weight excluding hydrogens is 164 g/mol. The molecule has 1 unspecified atom stereocenters. The quantitative estimate of drug-likeness (QED) is 0.616. The number of ether oxygens (including phenoxy) is 1. The minimum Gasteiger partial charge on any atom is -0.379 e. The number of nitrogens with one attached hydrogen (secondary N) is 1. The highest BCUT2D eigenvalue weighted by Gasteiger charge is 2.12. The molecule has 0 aromatic heterocycles. The summed E-state index contributed by atoms with van der Waals surface area (Å²) >= 11 is 0. The maximum absolute atomic E-state index is 5.27. The lowest BCUT2D eigenvalue weighted by atomic mass is 10.3. The van der Waals surface area contributed by atoms with Crippen LogP contribution >= 0.6 is 0 Å². The van der Waals surface area contributed by atoms with E-state index in [1.807, 2.05) is 0 Å². The summed E-state index contributed by atoms with van der Waals surface area (Å²) in [6, 6.07) is 0.467. The number of hydrogen-bond acceptors (Lipinski definition) is 3. The maximum atomic E-state index is 5.27. The zero-order chi connectivity index (χ0) is 9.52. The average Bonchev–Trinajstić information content (AvgIpc) is 2.16. The largest absolute Gasteiger partial charge is 0.379 e. The van der Waals surface area contributed by atoms with Crippen molar-refractivity contribution >= 4 is 0 Å². The van der Waals surface area contributed by atoms with Crippen molar-refractivity contribution in [2.45, 2.75) is 13.0 Å². The van der Waals surface area contributed by atoms with Gasteiger partial charge in [-0.2, -0.15) is 0 Å². The summed E-state index contributed by atoms with van der Waals surface area (Å²) < 4.78 is 5.27. The van der Waals surface area contributed by atoms with Crippen LogP contribution in [-0.2, 0) is 4.74 Å². The van der Waals surface area contributed by atoms with E-state index in [0.29, 0.717) is 12.6 Å². The third-order valence-electron chi connectivity index (χ3n) is 2.19. The highest BCUT2D eigenvalue weighted by molar-refractivity contribution is 4.88. The van der Waals surface area contributed by atoms with Crippen LogP contribution in [0.3, 0.4) is 0 Å². The highest BCUT2D eigenvalue weighted by atomic mass is 16.5. The van der Waals surface area contributed by atoms with Gasteiger partial charge in [-0.15, -0.1) is 6.42 Å². The van der Waals surface area contributed by atoms with Crippen LogP contribution in [0, 0.1) is 12.3 Å². The molecular formula is C10H18N2O. The molecule has 3 nitrogen and oxygen atoms in total. The Kier molecular flexibility index (Phi) is 4.84. The normalized spacial score (nSPS) is 20.9. The summed E-state index contributed by atoms with van der Waals surface area (Å²) in [6.45, 7) is 7.69. The summed E-state index contributed by atoms with van der Waals surface area (Å²) in [5.74, 6) is 2.58. The lowest BCUT2D eigenvalue weighted by Gasteiger charge is -2.29. The van der Waals surface area contributed by atoms with Crippen molar-refractivity contribution in [3.63, 3.8) is 0 Å². The monoisotopic (exact) mass is 182 g/mol. The van der Waals surface area contributed by atoms with E-state index in [1.165, 1.54) is 0 Å². The smallest absolute Gasteiger partial charge is 0.0594 e. The molecule has 0 bridgehead atoms. The van der Waals surface area contributed by atoms with Gasteiger partial charge in [0.15, 0.2) is 0 Å². The van der Waals surface area contributed by atoms with E-state index in [9.17, 15) is 0 Å². The van der Waals surface area contributed by atoms with E-state index in [-0.39, 0.29) is 0 Å². The van der Waals surface area contributed by atoms with Crippen molar-refractivity contribution in [3.8, 4) is 12.3 Å². The molecule has 1 rings (SSSR count). The van der Waals surface area contributed by atoms with Gasteiger partial charge >= 0.3 is 0 Å². The Labute approximate surface area is 80.4 Å². The summed E-state index contributed by atoms with van der Waals surface area (Å²) in [4.78, 5) is 2.40. The van der Waals surface area contributed by atoms with Crippen LogP contribution in [0.5, 0.6) is 0 Å². The topological polar surface area (TPSA) is 24.5 Å². The average molecular weight is 182 g/mol. The van der Waals surface area contributed by atoms with Gasteiger partial charge < -0.3 is 10.1 Å². The van der Waals surface area contributed by atoms with Crippen LogP contribution in [0.4, 0.5) is 0 Å². The van der Waals surface area contributed by atoms with Gasteiger partial charge in [0.1, 0.15) is 0 Å². The fraction of sp³-hybridized carbons (Fsp3) is 0.800. The molecule has 1 aliphatic heterocycles. The standard InChI is InChI=1S/C10H18N2O/c1-3-4-11-10(2)9-12-5-7-13-8-6-12/h1,10-11H,4-9H2,2H3. The minimum absolute atomic E-state index is 0.467. The SMILES string of the molecule is C#CCNC(C)CN1CCOCC1. The Morgan fingerprint density at radius 3 is 2.85 bits per heavy atom. The van der Waals surface area contributed by atoms with Gasteiger partial charge in [0, 0.05) is 25.7 Å². The third kappa shape index (κ3) is 4.28. The maximum Gasteiger partial charge on any atom is 0.0594 e. The molecule has 0 aliphatic carbocycles. The van der Waals surface area contributed by atoms with Gasteiger partial charge in [0.2, 0.25) is 0 Å². The Morgan fingerprint density at radius 2 is 2.23 bits per heavy atom. The minimum atomic E-state index is 0.467. The summed E-state index contributed by atoms with van der Waals surface area (Å²) in [5, 5.41) is 3.26. The van der Waals surface area contributed by atoms with Crippen LogP contribution in [0.15, 0.2) is 0 Å². The second-order valence-electron chi connectivity index (χ2n) is 3.40.